The number of hydrogen-bond acceptors (Lipinski definition) is 4. The van der Waals surface area contributed by atoms with E-state index in [1.165, 1.54) is 4.90 Å². The smallest absolute Gasteiger partial charge is 0.299 e. The molecule has 5 nitrogen and oxygen atoms in total. The lowest BCUT2D eigenvalue weighted by Crippen LogP contribution is -2.37. The van der Waals surface area contributed by atoms with E-state index in [-0.39, 0.29) is 0 Å². The predicted molar refractivity (Wildman–Crippen MR) is 72.8 cm³/mol. The molecule has 1 aromatic rings. The van der Waals surface area contributed by atoms with Crippen LogP contribution >= 0.6 is 0 Å². The SMILES string of the molecule is COc1ccc2c(c1)N(CCNC(C)C)C(=O)C2=O. The van der Waals surface area contributed by atoms with Crippen molar-refractivity contribution in [2.45, 2.75) is 19.9 Å². The van der Waals surface area contributed by atoms with Gasteiger partial charge in [0, 0.05) is 25.2 Å². The van der Waals surface area contributed by atoms with Crippen molar-refractivity contribution in [1.82, 2.24) is 5.32 Å². The topological polar surface area (TPSA) is 58.6 Å². The van der Waals surface area contributed by atoms with Crippen LogP contribution in [0.5, 0.6) is 5.75 Å². The number of carbonyl (C=O) groups excluding carboxylic acids is 2. The number of anilines is 1. The van der Waals surface area contributed by atoms with Crippen LogP contribution in [0.25, 0.3) is 0 Å². The molecule has 19 heavy (non-hydrogen) atoms. The Balaban J connectivity index is 2.21. The van der Waals surface area contributed by atoms with Crippen LogP contribution in [0.15, 0.2) is 18.2 Å². The summed E-state index contributed by atoms with van der Waals surface area (Å²) >= 11 is 0. The van der Waals surface area contributed by atoms with Crippen LogP contribution in [0.1, 0.15) is 24.2 Å². The molecule has 1 aliphatic rings. The van der Waals surface area contributed by atoms with Gasteiger partial charge in [-0.2, -0.15) is 0 Å². The van der Waals surface area contributed by atoms with Gasteiger partial charge >= 0.3 is 0 Å². The molecule has 0 bridgehead atoms. The van der Waals surface area contributed by atoms with Crippen molar-refractivity contribution in [3.8, 4) is 5.75 Å². The van der Waals surface area contributed by atoms with E-state index in [9.17, 15) is 9.59 Å². The number of carbonyl (C=O) groups is 2. The molecule has 1 aromatic carbocycles. The number of nitrogens with zero attached hydrogens (tertiary/aromatic N) is 1. The minimum Gasteiger partial charge on any atom is -0.497 e. The van der Waals surface area contributed by atoms with Gasteiger partial charge < -0.3 is 15.0 Å². The van der Waals surface area contributed by atoms with Gasteiger partial charge in [-0.3, -0.25) is 9.59 Å². The second kappa shape index (κ2) is 5.40. The highest BCUT2D eigenvalue weighted by atomic mass is 16.5. The number of Topliss-reactive ketones (excluding diaryl/α,β-unsaturated/α-hetero) is 1. The summed E-state index contributed by atoms with van der Waals surface area (Å²) in [6.07, 6.45) is 0. The van der Waals surface area contributed by atoms with Crippen LogP contribution in [0.3, 0.4) is 0 Å². The van der Waals surface area contributed by atoms with Gasteiger partial charge in [-0.05, 0) is 12.1 Å². The fourth-order valence-electron chi connectivity index (χ4n) is 2.09. The van der Waals surface area contributed by atoms with E-state index < -0.39 is 11.7 Å². The van der Waals surface area contributed by atoms with Crippen LogP contribution < -0.4 is 15.0 Å². The summed E-state index contributed by atoms with van der Waals surface area (Å²) in [6.45, 7) is 5.19. The van der Waals surface area contributed by atoms with Gasteiger partial charge in [0.15, 0.2) is 0 Å². The molecule has 102 valence electrons. The monoisotopic (exact) mass is 262 g/mol. The Hall–Kier alpha value is -1.88. The first kappa shape index (κ1) is 13.5. The molecule has 0 unspecified atom stereocenters. The Bertz CT molecular complexity index is 511. The number of nitrogens with one attached hydrogen (secondary N) is 1. The lowest BCUT2D eigenvalue weighted by molar-refractivity contribution is -0.114. The molecule has 0 radical (unpaired) electrons. The molecule has 0 aromatic heterocycles. The van der Waals surface area contributed by atoms with E-state index in [1.807, 2.05) is 13.8 Å². The van der Waals surface area contributed by atoms with Crippen LogP contribution in [0.2, 0.25) is 0 Å². The van der Waals surface area contributed by atoms with E-state index >= 15 is 0 Å². The van der Waals surface area contributed by atoms with Crippen LogP contribution in [0.4, 0.5) is 5.69 Å². The average molecular weight is 262 g/mol. The number of benzene rings is 1. The first-order valence-corrected chi connectivity index (χ1v) is 6.32. The van der Waals surface area contributed by atoms with E-state index in [2.05, 4.69) is 5.32 Å². The molecule has 0 spiro atoms. The molecule has 1 aliphatic heterocycles. The number of ether oxygens (including phenoxy) is 1. The number of methoxy groups -OCH3 is 1. The molecule has 1 heterocycles. The summed E-state index contributed by atoms with van der Waals surface area (Å²) in [5.41, 5.74) is 1.09. The minimum atomic E-state index is -0.464. The molecule has 0 fully saturated rings. The second-order valence-electron chi connectivity index (χ2n) is 4.78. The standard InChI is InChI=1S/C14H18N2O3/c1-9(2)15-6-7-16-12-8-10(19-3)4-5-11(12)13(17)14(16)18/h4-5,8-9,15H,6-7H2,1-3H3. The van der Waals surface area contributed by atoms with Gasteiger partial charge in [-0.1, -0.05) is 13.8 Å². The third-order valence-electron chi connectivity index (χ3n) is 3.07. The third kappa shape index (κ3) is 2.61. The van der Waals surface area contributed by atoms with Gasteiger partial charge in [0.1, 0.15) is 5.75 Å². The quantitative estimate of drug-likeness (QED) is 0.811. The maximum Gasteiger partial charge on any atom is 0.299 e. The van der Waals surface area contributed by atoms with Gasteiger partial charge in [0.05, 0.1) is 18.4 Å². The molecular formula is C14H18N2O3. The summed E-state index contributed by atoms with van der Waals surface area (Å²) in [4.78, 5) is 25.3. The van der Waals surface area contributed by atoms with Crippen molar-refractivity contribution in [1.29, 1.82) is 0 Å². The molecule has 5 heteroatoms. The lowest BCUT2D eigenvalue weighted by Gasteiger charge is -2.18. The summed E-state index contributed by atoms with van der Waals surface area (Å²) in [7, 11) is 1.56. The van der Waals surface area contributed by atoms with Gasteiger partial charge in [0.25, 0.3) is 11.7 Å². The summed E-state index contributed by atoms with van der Waals surface area (Å²) in [5.74, 6) is -0.265. The Morgan fingerprint density at radius 1 is 1.32 bits per heavy atom. The molecular weight excluding hydrogens is 244 g/mol. The zero-order chi connectivity index (χ0) is 14.0. The van der Waals surface area contributed by atoms with Crippen molar-refractivity contribution in [2.75, 3.05) is 25.1 Å². The van der Waals surface area contributed by atoms with Gasteiger partial charge in [-0.25, -0.2) is 0 Å². The van der Waals surface area contributed by atoms with E-state index in [0.29, 0.717) is 36.1 Å². The maximum atomic E-state index is 11.9. The van der Waals surface area contributed by atoms with Crippen molar-refractivity contribution < 1.29 is 14.3 Å². The number of rotatable bonds is 5. The van der Waals surface area contributed by atoms with E-state index in [0.717, 1.165) is 0 Å². The number of fused-ring (bicyclic) bond motifs is 1. The van der Waals surface area contributed by atoms with Crippen molar-refractivity contribution in [2.24, 2.45) is 0 Å². The molecule has 1 N–H and O–H groups in total. The van der Waals surface area contributed by atoms with Crippen LogP contribution in [-0.2, 0) is 4.79 Å². The highest BCUT2D eigenvalue weighted by Gasteiger charge is 2.35. The Morgan fingerprint density at radius 2 is 2.05 bits per heavy atom. The Kier molecular flexibility index (Phi) is 3.85. The number of amides is 1. The largest absolute Gasteiger partial charge is 0.497 e. The fourth-order valence-corrected chi connectivity index (χ4v) is 2.09. The first-order valence-electron chi connectivity index (χ1n) is 6.32. The molecule has 0 saturated carbocycles. The Labute approximate surface area is 112 Å². The molecule has 0 aliphatic carbocycles. The molecule has 2 rings (SSSR count). The second-order valence-corrected chi connectivity index (χ2v) is 4.78. The van der Waals surface area contributed by atoms with Crippen molar-refractivity contribution in [3.05, 3.63) is 23.8 Å². The van der Waals surface area contributed by atoms with Crippen molar-refractivity contribution in [3.63, 3.8) is 0 Å². The normalized spacial score (nSPS) is 14.2. The zero-order valence-electron chi connectivity index (χ0n) is 11.4. The molecule has 0 saturated heterocycles. The van der Waals surface area contributed by atoms with E-state index in [1.54, 1.807) is 25.3 Å². The summed E-state index contributed by atoms with van der Waals surface area (Å²) in [5, 5.41) is 3.23. The zero-order valence-corrected chi connectivity index (χ0v) is 11.4. The number of hydrogen-bond donors (Lipinski definition) is 1. The molecule has 0 atom stereocenters. The van der Waals surface area contributed by atoms with Crippen LogP contribution in [-0.4, -0.2) is 37.9 Å². The van der Waals surface area contributed by atoms with Gasteiger partial charge in [0.2, 0.25) is 0 Å². The minimum absolute atomic E-state index is 0.346. The van der Waals surface area contributed by atoms with E-state index in [4.69, 9.17) is 4.74 Å². The lowest BCUT2D eigenvalue weighted by atomic mass is 10.1. The molecule has 1 amide bonds. The fraction of sp³-hybridized carbons (Fsp3) is 0.429. The van der Waals surface area contributed by atoms with Gasteiger partial charge in [-0.15, -0.1) is 0 Å². The number of ketones is 1. The van der Waals surface area contributed by atoms with Crippen LogP contribution in [0, 0.1) is 0 Å². The predicted octanol–water partition coefficient (Wildman–Crippen LogP) is 1.22. The van der Waals surface area contributed by atoms with Crippen molar-refractivity contribution >= 4 is 17.4 Å². The highest BCUT2D eigenvalue weighted by Crippen LogP contribution is 2.32. The maximum absolute atomic E-state index is 11.9. The Morgan fingerprint density at radius 3 is 2.68 bits per heavy atom. The average Bonchev–Trinajstić information content (AvgIpc) is 2.63. The highest BCUT2D eigenvalue weighted by molar-refractivity contribution is 6.52. The summed E-state index contributed by atoms with van der Waals surface area (Å²) in [6, 6.07) is 5.41. The summed E-state index contributed by atoms with van der Waals surface area (Å²) < 4.78 is 5.14. The third-order valence-corrected chi connectivity index (χ3v) is 3.07. The first-order chi connectivity index (χ1) is 9.04.